The molecule has 0 aromatic heterocycles. The lowest BCUT2D eigenvalue weighted by atomic mass is 10.2. The number of carbonyl (C=O) groups is 2. The molecule has 0 aromatic rings. The van der Waals surface area contributed by atoms with E-state index in [9.17, 15) is 9.59 Å². The molecule has 0 fully saturated rings. The van der Waals surface area contributed by atoms with Crippen LogP contribution in [0.1, 0.15) is 13.8 Å². The van der Waals surface area contributed by atoms with Crippen molar-refractivity contribution in [2.75, 3.05) is 33.4 Å². The van der Waals surface area contributed by atoms with Crippen LogP contribution in [0.2, 0.25) is 0 Å². The molecule has 7 nitrogen and oxygen atoms in total. The maximum absolute atomic E-state index is 11.8. The fourth-order valence-corrected chi connectivity index (χ4v) is 1.30. The molecule has 0 aliphatic heterocycles. The maximum atomic E-state index is 11.8. The highest BCUT2D eigenvalue weighted by Crippen LogP contribution is 1.99. The van der Waals surface area contributed by atoms with Gasteiger partial charge in [0.2, 0.25) is 0 Å². The van der Waals surface area contributed by atoms with Crippen molar-refractivity contribution in [3.63, 3.8) is 0 Å². The van der Waals surface area contributed by atoms with Crippen molar-refractivity contribution >= 4 is 12.0 Å². The average molecular weight is 262 g/mol. The van der Waals surface area contributed by atoms with Gasteiger partial charge in [0.05, 0.1) is 13.2 Å². The Bertz CT molecular complexity index is 270. The predicted molar refractivity (Wildman–Crippen MR) is 65.3 cm³/mol. The third-order valence-electron chi connectivity index (χ3n) is 2.17. The molecule has 0 aromatic carbocycles. The van der Waals surface area contributed by atoms with Crippen molar-refractivity contribution in [3.8, 4) is 0 Å². The van der Waals surface area contributed by atoms with Gasteiger partial charge in [-0.15, -0.1) is 0 Å². The number of hydrogen-bond donors (Lipinski definition) is 3. The first-order chi connectivity index (χ1) is 8.38. The first-order valence-electron chi connectivity index (χ1n) is 5.81. The van der Waals surface area contributed by atoms with Crippen LogP contribution in [-0.4, -0.2) is 66.6 Å². The molecule has 0 spiro atoms. The van der Waals surface area contributed by atoms with Crippen LogP contribution < -0.4 is 5.32 Å². The van der Waals surface area contributed by atoms with Crippen LogP contribution in [0.25, 0.3) is 0 Å². The number of nitrogens with one attached hydrogen (secondary N) is 1. The van der Waals surface area contributed by atoms with Crippen LogP contribution in [-0.2, 0) is 9.53 Å². The lowest BCUT2D eigenvalue weighted by Crippen LogP contribution is -2.46. The number of carboxylic acids is 1. The quantitative estimate of drug-likeness (QED) is 0.560. The highest BCUT2D eigenvalue weighted by molar-refractivity contribution is 5.76. The Balaban J connectivity index is 4.23. The second-order valence-corrected chi connectivity index (χ2v) is 4.37. The predicted octanol–water partition coefficient (Wildman–Crippen LogP) is -0.254. The summed E-state index contributed by atoms with van der Waals surface area (Å²) in [6.07, 6.45) is -1.59. The van der Waals surface area contributed by atoms with Gasteiger partial charge in [-0.25, -0.2) is 9.59 Å². The molecule has 0 bridgehead atoms. The second-order valence-electron chi connectivity index (χ2n) is 4.37. The monoisotopic (exact) mass is 262 g/mol. The SMILES string of the molecule is COCCN(CC(C)C)C(=O)NC[C@H](O)C(=O)O. The molecule has 0 aliphatic carbocycles. The van der Waals surface area contributed by atoms with E-state index in [1.54, 1.807) is 7.11 Å². The van der Waals surface area contributed by atoms with Gasteiger partial charge in [-0.1, -0.05) is 13.8 Å². The van der Waals surface area contributed by atoms with Gasteiger partial charge in [0.25, 0.3) is 0 Å². The molecule has 0 heterocycles. The minimum atomic E-state index is -1.59. The summed E-state index contributed by atoms with van der Waals surface area (Å²) in [5.41, 5.74) is 0. The van der Waals surface area contributed by atoms with Crippen LogP contribution >= 0.6 is 0 Å². The van der Waals surface area contributed by atoms with Crippen molar-refractivity contribution in [2.45, 2.75) is 20.0 Å². The molecular formula is C11H22N2O5. The minimum Gasteiger partial charge on any atom is -0.479 e. The van der Waals surface area contributed by atoms with E-state index in [0.717, 1.165) is 0 Å². The van der Waals surface area contributed by atoms with Crippen molar-refractivity contribution in [3.05, 3.63) is 0 Å². The summed E-state index contributed by atoms with van der Waals surface area (Å²) in [4.78, 5) is 23.7. The molecule has 2 amide bonds. The van der Waals surface area contributed by atoms with E-state index in [1.165, 1.54) is 4.90 Å². The number of carbonyl (C=O) groups excluding carboxylic acids is 1. The number of hydrogen-bond acceptors (Lipinski definition) is 4. The van der Waals surface area contributed by atoms with Crippen LogP contribution in [0.4, 0.5) is 4.79 Å². The van der Waals surface area contributed by atoms with Gasteiger partial charge >= 0.3 is 12.0 Å². The molecular weight excluding hydrogens is 240 g/mol. The Morgan fingerprint density at radius 2 is 2.00 bits per heavy atom. The summed E-state index contributed by atoms with van der Waals surface area (Å²) in [5.74, 6) is -1.07. The van der Waals surface area contributed by atoms with E-state index in [1.807, 2.05) is 13.8 Å². The number of nitrogens with zero attached hydrogens (tertiary/aromatic N) is 1. The van der Waals surface area contributed by atoms with Crippen LogP contribution in [0.3, 0.4) is 0 Å². The van der Waals surface area contributed by atoms with Crippen molar-refractivity contribution in [2.24, 2.45) is 5.92 Å². The fraction of sp³-hybridized carbons (Fsp3) is 0.818. The third kappa shape index (κ3) is 7.08. The topological polar surface area (TPSA) is 99.1 Å². The first-order valence-corrected chi connectivity index (χ1v) is 5.81. The summed E-state index contributed by atoms with van der Waals surface area (Å²) in [5, 5.41) is 19.9. The molecule has 3 N–H and O–H groups in total. The molecule has 0 radical (unpaired) electrons. The lowest BCUT2D eigenvalue weighted by Gasteiger charge is -2.24. The van der Waals surface area contributed by atoms with Gasteiger partial charge in [-0.3, -0.25) is 0 Å². The number of carboxylic acid groups (broad SMARTS) is 1. The number of aliphatic hydroxyl groups excluding tert-OH is 1. The number of ether oxygens (including phenoxy) is 1. The molecule has 0 saturated carbocycles. The number of aliphatic hydroxyl groups is 1. The zero-order chi connectivity index (χ0) is 14.1. The number of urea groups is 1. The van der Waals surface area contributed by atoms with Crippen molar-refractivity contribution in [1.82, 2.24) is 10.2 Å². The van der Waals surface area contributed by atoms with E-state index < -0.39 is 18.1 Å². The molecule has 1 atom stereocenters. The van der Waals surface area contributed by atoms with Gasteiger partial charge in [0.15, 0.2) is 6.10 Å². The minimum absolute atomic E-state index is 0.289. The third-order valence-corrected chi connectivity index (χ3v) is 2.17. The summed E-state index contributed by atoms with van der Waals surface area (Å²) < 4.78 is 4.90. The molecule has 7 heteroatoms. The highest BCUT2D eigenvalue weighted by Gasteiger charge is 2.18. The van der Waals surface area contributed by atoms with Crippen LogP contribution in [0.15, 0.2) is 0 Å². The first kappa shape index (κ1) is 16.7. The van der Waals surface area contributed by atoms with Crippen LogP contribution in [0, 0.1) is 5.92 Å². The summed E-state index contributed by atoms with van der Waals surface area (Å²) in [6, 6.07) is -0.402. The average Bonchev–Trinajstić information content (AvgIpc) is 2.30. The van der Waals surface area contributed by atoms with Gasteiger partial charge < -0.3 is 25.2 Å². The van der Waals surface area contributed by atoms with Gasteiger partial charge in [0.1, 0.15) is 0 Å². The highest BCUT2D eigenvalue weighted by atomic mass is 16.5. The van der Waals surface area contributed by atoms with Crippen LogP contribution in [0.5, 0.6) is 0 Å². The maximum Gasteiger partial charge on any atom is 0.334 e. The number of methoxy groups -OCH3 is 1. The van der Waals surface area contributed by atoms with E-state index in [2.05, 4.69) is 5.32 Å². The Labute approximate surface area is 107 Å². The smallest absolute Gasteiger partial charge is 0.334 e. The molecule has 0 unspecified atom stereocenters. The second kappa shape index (κ2) is 8.71. The Hall–Kier alpha value is -1.34. The summed E-state index contributed by atoms with van der Waals surface area (Å²) in [6.45, 7) is 5.00. The summed E-state index contributed by atoms with van der Waals surface area (Å²) >= 11 is 0. The van der Waals surface area contributed by atoms with Gasteiger partial charge in [0, 0.05) is 20.2 Å². The molecule has 18 heavy (non-hydrogen) atoms. The Morgan fingerprint density at radius 3 is 2.44 bits per heavy atom. The van der Waals surface area contributed by atoms with E-state index in [-0.39, 0.29) is 12.5 Å². The standard InChI is InChI=1S/C11H22N2O5/c1-8(2)7-13(4-5-18-3)11(17)12-6-9(14)10(15)16/h8-9,14H,4-7H2,1-3H3,(H,12,17)(H,15,16)/t9-/m0/s1. The Morgan fingerprint density at radius 1 is 1.39 bits per heavy atom. The Kier molecular flexibility index (Phi) is 8.06. The molecule has 0 rings (SSSR count). The van der Waals surface area contributed by atoms with E-state index in [0.29, 0.717) is 19.7 Å². The summed E-state index contributed by atoms with van der Waals surface area (Å²) in [7, 11) is 1.54. The molecule has 0 aliphatic rings. The van der Waals surface area contributed by atoms with Gasteiger partial charge in [-0.05, 0) is 5.92 Å². The van der Waals surface area contributed by atoms with Gasteiger partial charge in [-0.2, -0.15) is 0 Å². The molecule has 106 valence electrons. The van der Waals surface area contributed by atoms with Crippen molar-refractivity contribution in [1.29, 1.82) is 0 Å². The van der Waals surface area contributed by atoms with E-state index >= 15 is 0 Å². The lowest BCUT2D eigenvalue weighted by molar-refractivity contribution is -0.146. The zero-order valence-corrected chi connectivity index (χ0v) is 11.0. The normalized spacial score (nSPS) is 12.3. The largest absolute Gasteiger partial charge is 0.479 e. The van der Waals surface area contributed by atoms with Crippen molar-refractivity contribution < 1.29 is 24.5 Å². The molecule has 0 saturated heterocycles. The van der Waals surface area contributed by atoms with E-state index in [4.69, 9.17) is 14.9 Å². The fourth-order valence-electron chi connectivity index (χ4n) is 1.30. The number of amides is 2. The number of rotatable bonds is 8. The zero-order valence-electron chi connectivity index (χ0n) is 11.0. The number of aliphatic carboxylic acids is 1.